The van der Waals surface area contributed by atoms with Crippen molar-refractivity contribution in [2.24, 2.45) is 0 Å². The third-order valence-corrected chi connectivity index (χ3v) is 2.77. The molecule has 1 N–H and O–H groups in total. The van der Waals surface area contributed by atoms with E-state index in [1.165, 1.54) is 32.1 Å². The van der Waals surface area contributed by atoms with Crippen LogP contribution in [0.15, 0.2) is 4.42 Å². The minimum atomic E-state index is 0.513. The SMILES string of the molecule is CCCCCCCCNc1nnc(CCCl)o1. The third-order valence-electron chi connectivity index (χ3n) is 2.58. The van der Waals surface area contributed by atoms with E-state index in [2.05, 4.69) is 22.4 Å². The standard InChI is InChI=1S/C12H22ClN3O/c1-2-3-4-5-6-7-10-14-12-16-15-11(17-12)8-9-13/h2-10H2,1H3,(H,14,16). The number of nitrogens with zero attached hydrogens (tertiary/aromatic N) is 2. The molecule has 17 heavy (non-hydrogen) atoms. The van der Waals surface area contributed by atoms with E-state index in [4.69, 9.17) is 16.0 Å². The van der Waals surface area contributed by atoms with Gasteiger partial charge in [0.15, 0.2) is 0 Å². The zero-order chi connectivity index (χ0) is 12.3. The van der Waals surface area contributed by atoms with Crippen molar-refractivity contribution < 1.29 is 4.42 Å². The van der Waals surface area contributed by atoms with Gasteiger partial charge in [0.1, 0.15) is 0 Å². The molecule has 0 amide bonds. The number of nitrogens with one attached hydrogen (secondary N) is 1. The molecule has 1 heterocycles. The van der Waals surface area contributed by atoms with E-state index >= 15 is 0 Å². The van der Waals surface area contributed by atoms with Gasteiger partial charge in [-0.3, -0.25) is 0 Å². The van der Waals surface area contributed by atoms with Crippen LogP contribution in [0.2, 0.25) is 0 Å². The van der Waals surface area contributed by atoms with E-state index in [0.29, 0.717) is 24.2 Å². The highest BCUT2D eigenvalue weighted by Crippen LogP contribution is 2.08. The average molecular weight is 260 g/mol. The lowest BCUT2D eigenvalue weighted by Gasteiger charge is -2.01. The Bertz CT molecular complexity index is 291. The summed E-state index contributed by atoms with van der Waals surface area (Å²) in [6.45, 7) is 3.13. The lowest BCUT2D eigenvalue weighted by atomic mass is 10.1. The van der Waals surface area contributed by atoms with E-state index in [9.17, 15) is 0 Å². The molecule has 0 atom stereocenters. The first-order valence-electron chi connectivity index (χ1n) is 6.49. The van der Waals surface area contributed by atoms with Gasteiger partial charge in [-0.1, -0.05) is 44.1 Å². The normalized spacial score (nSPS) is 10.7. The Balaban J connectivity index is 2.01. The molecule has 1 aromatic rings. The molecule has 0 aliphatic heterocycles. The molecule has 0 aliphatic carbocycles. The lowest BCUT2D eigenvalue weighted by Crippen LogP contribution is -2.01. The minimum absolute atomic E-state index is 0.513. The highest BCUT2D eigenvalue weighted by atomic mass is 35.5. The van der Waals surface area contributed by atoms with Crippen molar-refractivity contribution in [3.8, 4) is 0 Å². The van der Waals surface area contributed by atoms with Gasteiger partial charge in [0.2, 0.25) is 5.89 Å². The average Bonchev–Trinajstić information content (AvgIpc) is 2.76. The zero-order valence-corrected chi connectivity index (χ0v) is 11.3. The molecule has 0 radical (unpaired) electrons. The van der Waals surface area contributed by atoms with Gasteiger partial charge in [-0.25, -0.2) is 0 Å². The van der Waals surface area contributed by atoms with Crippen LogP contribution in [0, 0.1) is 0 Å². The van der Waals surface area contributed by atoms with Gasteiger partial charge in [0.25, 0.3) is 0 Å². The Morgan fingerprint density at radius 2 is 1.88 bits per heavy atom. The van der Waals surface area contributed by atoms with Crippen molar-refractivity contribution in [2.75, 3.05) is 17.7 Å². The smallest absolute Gasteiger partial charge is 0.315 e. The molecule has 0 aliphatic rings. The molecule has 0 spiro atoms. The number of anilines is 1. The highest BCUT2D eigenvalue weighted by Gasteiger charge is 2.03. The van der Waals surface area contributed by atoms with Gasteiger partial charge in [-0.2, -0.15) is 0 Å². The Morgan fingerprint density at radius 3 is 2.65 bits per heavy atom. The third kappa shape index (κ3) is 6.51. The topological polar surface area (TPSA) is 51.0 Å². The van der Waals surface area contributed by atoms with Gasteiger partial charge in [-0.15, -0.1) is 16.7 Å². The maximum absolute atomic E-state index is 5.58. The van der Waals surface area contributed by atoms with E-state index < -0.39 is 0 Å². The van der Waals surface area contributed by atoms with Crippen LogP contribution in [0.3, 0.4) is 0 Å². The van der Waals surface area contributed by atoms with Crippen LogP contribution in [0.1, 0.15) is 51.3 Å². The van der Waals surface area contributed by atoms with Crippen LogP contribution in [0.5, 0.6) is 0 Å². The zero-order valence-electron chi connectivity index (χ0n) is 10.5. The summed E-state index contributed by atoms with van der Waals surface area (Å²) in [5.41, 5.74) is 0. The van der Waals surface area contributed by atoms with E-state index in [-0.39, 0.29) is 0 Å². The van der Waals surface area contributed by atoms with Crippen LogP contribution in [0.25, 0.3) is 0 Å². The fraction of sp³-hybridized carbons (Fsp3) is 0.833. The van der Waals surface area contributed by atoms with Crippen LogP contribution < -0.4 is 5.32 Å². The van der Waals surface area contributed by atoms with Crippen LogP contribution in [0.4, 0.5) is 6.01 Å². The number of aromatic nitrogens is 2. The fourth-order valence-electron chi connectivity index (χ4n) is 1.61. The summed E-state index contributed by atoms with van der Waals surface area (Å²) in [6.07, 6.45) is 8.34. The number of aryl methyl sites for hydroxylation is 1. The number of hydrogen-bond donors (Lipinski definition) is 1. The van der Waals surface area contributed by atoms with Crippen LogP contribution >= 0.6 is 11.6 Å². The highest BCUT2D eigenvalue weighted by molar-refractivity contribution is 6.17. The molecule has 0 bridgehead atoms. The largest absolute Gasteiger partial charge is 0.408 e. The van der Waals surface area contributed by atoms with Gasteiger partial charge in [0.05, 0.1) is 0 Å². The first-order chi connectivity index (χ1) is 8.36. The first kappa shape index (κ1) is 14.3. The molecule has 0 unspecified atom stereocenters. The Kier molecular flexibility index (Phi) is 7.80. The predicted octanol–water partition coefficient (Wildman–Crippen LogP) is 3.62. The monoisotopic (exact) mass is 259 g/mol. The van der Waals surface area contributed by atoms with Crippen molar-refractivity contribution in [1.29, 1.82) is 0 Å². The number of alkyl halides is 1. The Morgan fingerprint density at radius 1 is 1.12 bits per heavy atom. The summed E-state index contributed by atoms with van der Waals surface area (Å²) in [5.74, 6) is 1.12. The molecule has 0 saturated heterocycles. The van der Waals surface area contributed by atoms with E-state index in [1.54, 1.807) is 0 Å². The summed E-state index contributed by atoms with van der Waals surface area (Å²) in [7, 11) is 0. The second kappa shape index (κ2) is 9.28. The molecule has 1 aromatic heterocycles. The molecule has 0 aromatic carbocycles. The molecule has 0 saturated carbocycles. The summed E-state index contributed by atoms with van der Waals surface area (Å²) in [4.78, 5) is 0. The summed E-state index contributed by atoms with van der Waals surface area (Å²) >= 11 is 5.58. The van der Waals surface area contributed by atoms with Crippen molar-refractivity contribution in [3.63, 3.8) is 0 Å². The Hall–Kier alpha value is -0.770. The van der Waals surface area contributed by atoms with Crippen molar-refractivity contribution in [2.45, 2.75) is 51.9 Å². The molecule has 5 heteroatoms. The number of hydrogen-bond acceptors (Lipinski definition) is 4. The summed E-state index contributed by atoms with van der Waals surface area (Å²) in [5, 5.41) is 10.9. The second-order valence-corrected chi connectivity index (χ2v) is 4.51. The second-order valence-electron chi connectivity index (χ2n) is 4.13. The van der Waals surface area contributed by atoms with Crippen molar-refractivity contribution >= 4 is 17.6 Å². The van der Waals surface area contributed by atoms with E-state index in [1.807, 2.05) is 0 Å². The number of halogens is 1. The van der Waals surface area contributed by atoms with Crippen LogP contribution in [-0.2, 0) is 6.42 Å². The number of rotatable bonds is 10. The van der Waals surface area contributed by atoms with Gasteiger partial charge in [0, 0.05) is 18.8 Å². The maximum atomic E-state index is 5.58. The molecule has 1 rings (SSSR count). The molecule has 98 valence electrons. The molecular weight excluding hydrogens is 238 g/mol. The number of unbranched alkanes of at least 4 members (excludes halogenated alkanes) is 5. The molecular formula is C12H22ClN3O. The van der Waals surface area contributed by atoms with Gasteiger partial charge >= 0.3 is 6.01 Å². The molecule has 4 nitrogen and oxygen atoms in total. The molecule has 0 fully saturated rings. The predicted molar refractivity (Wildman–Crippen MR) is 70.6 cm³/mol. The first-order valence-corrected chi connectivity index (χ1v) is 7.02. The maximum Gasteiger partial charge on any atom is 0.315 e. The fourth-order valence-corrected chi connectivity index (χ4v) is 1.77. The van der Waals surface area contributed by atoms with Crippen molar-refractivity contribution in [3.05, 3.63) is 5.89 Å². The lowest BCUT2D eigenvalue weighted by molar-refractivity contribution is 0.510. The minimum Gasteiger partial charge on any atom is -0.408 e. The van der Waals surface area contributed by atoms with Crippen LogP contribution in [-0.4, -0.2) is 22.6 Å². The van der Waals surface area contributed by atoms with E-state index in [0.717, 1.165) is 13.0 Å². The summed E-state index contributed by atoms with van der Waals surface area (Å²) in [6, 6.07) is 0.513. The van der Waals surface area contributed by atoms with Crippen molar-refractivity contribution in [1.82, 2.24) is 10.2 Å². The van der Waals surface area contributed by atoms with Gasteiger partial charge < -0.3 is 9.73 Å². The quantitative estimate of drug-likeness (QED) is 0.515. The summed E-state index contributed by atoms with van der Waals surface area (Å²) < 4.78 is 5.35. The Labute approximate surface area is 108 Å². The van der Waals surface area contributed by atoms with Gasteiger partial charge in [-0.05, 0) is 6.42 Å².